The number of aromatic nitrogens is 2. The van der Waals surface area contributed by atoms with E-state index in [4.69, 9.17) is 0 Å². The third kappa shape index (κ3) is 3.09. The number of hydrogen-bond donors (Lipinski definition) is 0. The SMILES string of the molecule is CSc1nc2ccc(C(=O)c3ccccc3)cc2n1S(=O)(=O)C(C)C. The maximum atomic E-state index is 12.8. The topological polar surface area (TPSA) is 69.0 Å². The van der Waals surface area contributed by atoms with Crippen LogP contribution in [0.1, 0.15) is 29.8 Å². The van der Waals surface area contributed by atoms with Crippen molar-refractivity contribution in [1.82, 2.24) is 8.96 Å². The molecule has 130 valence electrons. The van der Waals surface area contributed by atoms with Gasteiger partial charge in [-0.1, -0.05) is 42.1 Å². The van der Waals surface area contributed by atoms with Gasteiger partial charge in [0.1, 0.15) is 0 Å². The van der Waals surface area contributed by atoms with Crippen molar-refractivity contribution in [2.24, 2.45) is 0 Å². The number of fused-ring (bicyclic) bond motifs is 1. The highest BCUT2D eigenvalue weighted by Gasteiger charge is 2.25. The van der Waals surface area contributed by atoms with Crippen LogP contribution >= 0.6 is 11.8 Å². The molecule has 0 N–H and O–H groups in total. The molecule has 2 aromatic carbocycles. The van der Waals surface area contributed by atoms with Crippen molar-refractivity contribution in [2.45, 2.75) is 24.3 Å². The van der Waals surface area contributed by atoms with E-state index in [0.717, 1.165) is 0 Å². The molecule has 0 spiro atoms. The molecule has 1 aromatic heterocycles. The third-order valence-corrected chi connectivity index (χ3v) is 6.74. The smallest absolute Gasteiger partial charge is 0.243 e. The maximum absolute atomic E-state index is 12.8. The summed E-state index contributed by atoms with van der Waals surface area (Å²) >= 11 is 1.26. The van der Waals surface area contributed by atoms with Gasteiger partial charge in [0.25, 0.3) is 0 Å². The number of carbonyl (C=O) groups excluding carboxylic acids is 1. The van der Waals surface area contributed by atoms with Gasteiger partial charge in [-0.25, -0.2) is 17.4 Å². The molecular weight excluding hydrogens is 356 g/mol. The van der Waals surface area contributed by atoms with Crippen LogP contribution in [0.5, 0.6) is 0 Å². The molecule has 0 atom stereocenters. The standard InChI is InChI=1S/C18H18N2O3S2/c1-12(2)25(22,23)20-16-11-14(9-10-15(16)19-18(20)24-3)17(21)13-7-5-4-6-8-13/h4-12H,1-3H3. The minimum absolute atomic E-state index is 0.150. The van der Waals surface area contributed by atoms with Gasteiger partial charge in [0.2, 0.25) is 10.0 Å². The first-order valence-electron chi connectivity index (χ1n) is 7.77. The Kier molecular flexibility index (Phi) is 4.71. The van der Waals surface area contributed by atoms with Crippen molar-refractivity contribution in [2.75, 3.05) is 6.26 Å². The fraction of sp³-hybridized carbons (Fsp3) is 0.222. The van der Waals surface area contributed by atoms with Gasteiger partial charge in [-0.15, -0.1) is 0 Å². The van der Waals surface area contributed by atoms with Crippen molar-refractivity contribution < 1.29 is 13.2 Å². The average molecular weight is 374 g/mol. The Hall–Kier alpha value is -2.12. The van der Waals surface area contributed by atoms with E-state index in [2.05, 4.69) is 4.98 Å². The molecule has 0 aliphatic carbocycles. The van der Waals surface area contributed by atoms with E-state index in [9.17, 15) is 13.2 Å². The third-order valence-electron chi connectivity index (χ3n) is 3.91. The maximum Gasteiger partial charge on any atom is 0.243 e. The summed E-state index contributed by atoms with van der Waals surface area (Å²) in [6.45, 7) is 3.26. The summed E-state index contributed by atoms with van der Waals surface area (Å²) in [7, 11) is -3.59. The molecule has 0 aliphatic rings. The molecule has 3 aromatic rings. The fourth-order valence-electron chi connectivity index (χ4n) is 2.51. The summed E-state index contributed by atoms with van der Waals surface area (Å²) < 4.78 is 26.8. The van der Waals surface area contributed by atoms with Crippen molar-refractivity contribution in [3.63, 3.8) is 0 Å². The highest BCUT2D eigenvalue weighted by molar-refractivity contribution is 7.99. The number of ketones is 1. The highest BCUT2D eigenvalue weighted by atomic mass is 32.2. The molecule has 0 radical (unpaired) electrons. The summed E-state index contributed by atoms with van der Waals surface area (Å²) in [5.74, 6) is -0.150. The Labute approximate surface area is 151 Å². The molecule has 3 rings (SSSR count). The van der Waals surface area contributed by atoms with E-state index in [1.165, 1.54) is 15.7 Å². The summed E-state index contributed by atoms with van der Waals surface area (Å²) in [6, 6.07) is 13.9. The second-order valence-corrected chi connectivity index (χ2v) is 8.97. The molecule has 0 amide bonds. The Balaban J connectivity index is 2.22. The van der Waals surface area contributed by atoms with Crippen molar-refractivity contribution in [3.8, 4) is 0 Å². The van der Waals surface area contributed by atoms with E-state index < -0.39 is 15.3 Å². The number of rotatable bonds is 5. The Morgan fingerprint density at radius 1 is 1.08 bits per heavy atom. The van der Waals surface area contributed by atoms with Crippen LogP contribution in [0.4, 0.5) is 0 Å². The number of hydrogen-bond acceptors (Lipinski definition) is 5. The molecule has 7 heteroatoms. The molecule has 0 unspecified atom stereocenters. The summed E-state index contributed by atoms with van der Waals surface area (Å²) in [5, 5.41) is -0.197. The molecule has 0 aliphatic heterocycles. The van der Waals surface area contributed by atoms with Gasteiger partial charge in [0.05, 0.1) is 16.3 Å². The van der Waals surface area contributed by atoms with Gasteiger partial charge in [-0.2, -0.15) is 0 Å². The van der Waals surface area contributed by atoms with Gasteiger partial charge in [-0.05, 0) is 38.3 Å². The zero-order chi connectivity index (χ0) is 18.2. The molecule has 0 bridgehead atoms. The van der Waals surface area contributed by atoms with E-state index in [-0.39, 0.29) is 5.78 Å². The molecule has 0 saturated carbocycles. The Morgan fingerprint density at radius 3 is 2.36 bits per heavy atom. The van der Waals surface area contributed by atoms with Crippen LogP contribution < -0.4 is 0 Å². The van der Waals surface area contributed by atoms with Crippen LogP contribution in [-0.2, 0) is 10.0 Å². The van der Waals surface area contributed by atoms with Gasteiger partial charge in [-0.3, -0.25) is 4.79 Å². The number of carbonyl (C=O) groups is 1. The minimum atomic E-state index is -3.59. The fourth-order valence-corrected chi connectivity index (χ4v) is 4.60. The zero-order valence-electron chi connectivity index (χ0n) is 14.1. The number of thioether (sulfide) groups is 1. The van der Waals surface area contributed by atoms with E-state index in [0.29, 0.717) is 27.3 Å². The molecule has 1 heterocycles. The Bertz CT molecular complexity index is 1040. The van der Waals surface area contributed by atoms with Gasteiger partial charge in [0.15, 0.2) is 10.9 Å². The summed E-state index contributed by atoms with van der Waals surface area (Å²) in [5.41, 5.74) is 1.98. The van der Waals surface area contributed by atoms with Crippen molar-refractivity contribution >= 4 is 38.6 Å². The minimum Gasteiger partial charge on any atom is -0.289 e. The second kappa shape index (κ2) is 6.65. The van der Waals surface area contributed by atoms with Crippen LogP contribution in [0.15, 0.2) is 53.7 Å². The highest BCUT2D eigenvalue weighted by Crippen LogP contribution is 2.27. The predicted octanol–water partition coefficient (Wildman–Crippen LogP) is 3.58. The van der Waals surface area contributed by atoms with Crippen LogP contribution in [0.3, 0.4) is 0 Å². The van der Waals surface area contributed by atoms with E-state index >= 15 is 0 Å². The van der Waals surface area contributed by atoms with Crippen LogP contribution in [0, 0.1) is 0 Å². The molecular formula is C18H18N2O3S2. The number of imidazole rings is 1. The number of nitrogens with zero attached hydrogens (tertiary/aromatic N) is 2. The molecule has 25 heavy (non-hydrogen) atoms. The van der Waals surface area contributed by atoms with Crippen LogP contribution in [-0.4, -0.2) is 34.7 Å². The molecule has 5 nitrogen and oxygen atoms in total. The summed E-state index contributed by atoms with van der Waals surface area (Å²) in [6.07, 6.45) is 1.78. The Morgan fingerprint density at radius 2 is 1.76 bits per heavy atom. The lowest BCUT2D eigenvalue weighted by Gasteiger charge is -2.12. The number of benzene rings is 2. The average Bonchev–Trinajstić information content (AvgIpc) is 3.00. The lowest BCUT2D eigenvalue weighted by molar-refractivity contribution is 0.103. The lowest BCUT2D eigenvalue weighted by Crippen LogP contribution is -2.23. The van der Waals surface area contributed by atoms with Gasteiger partial charge >= 0.3 is 0 Å². The quantitative estimate of drug-likeness (QED) is 0.504. The monoisotopic (exact) mass is 374 g/mol. The first-order chi connectivity index (χ1) is 11.9. The normalized spacial score (nSPS) is 12.0. The van der Waals surface area contributed by atoms with Gasteiger partial charge < -0.3 is 0 Å². The largest absolute Gasteiger partial charge is 0.289 e. The zero-order valence-corrected chi connectivity index (χ0v) is 15.8. The van der Waals surface area contributed by atoms with Crippen LogP contribution in [0.25, 0.3) is 11.0 Å². The molecule has 0 saturated heterocycles. The lowest BCUT2D eigenvalue weighted by atomic mass is 10.0. The predicted molar refractivity (Wildman–Crippen MR) is 101 cm³/mol. The first-order valence-corrected chi connectivity index (χ1v) is 10.5. The second-order valence-electron chi connectivity index (χ2n) is 5.86. The molecule has 0 fully saturated rings. The van der Waals surface area contributed by atoms with E-state index in [1.807, 2.05) is 6.07 Å². The van der Waals surface area contributed by atoms with Gasteiger partial charge in [0, 0.05) is 11.1 Å². The first kappa shape index (κ1) is 17.7. The summed E-state index contributed by atoms with van der Waals surface area (Å²) in [4.78, 5) is 17.1. The van der Waals surface area contributed by atoms with Crippen LogP contribution in [0.2, 0.25) is 0 Å². The van der Waals surface area contributed by atoms with Crippen molar-refractivity contribution in [1.29, 1.82) is 0 Å². The van der Waals surface area contributed by atoms with Crippen molar-refractivity contribution in [3.05, 3.63) is 59.7 Å². The van der Waals surface area contributed by atoms with E-state index in [1.54, 1.807) is 62.6 Å².